The van der Waals surface area contributed by atoms with Crippen molar-refractivity contribution in [2.24, 2.45) is 0 Å². The molecule has 2 aromatic carbocycles. The van der Waals surface area contributed by atoms with E-state index in [1.807, 2.05) is 55.5 Å². The standard InChI is InChI=1S/C25H30N4O3/c1-17-8-10-20(11-9-17)24-27-21(16-31-24)12-13-26-25(30)28-22-6-4-5-7-23(22)29-14-18(2)32-19(3)15-29/h4-11,16,18-19H,12-15H2,1-3H3,(H2,26,28,30). The summed E-state index contributed by atoms with van der Waals surface area (Å²) >= 11 is 0. The van der Waals surface area contributed by atoms with Gasteiger partial charge in [0.15, 0.2) is 0 Å². The molecular weight excluding hydrogens is 404 g/mol. The number of oxazole rings is 1. The number of carbonyl (C=O) groups is 1. The van der Waals surface area contributed by atoms with Crippen molar-refractivity contribution in [2.75, 3.05) is 29.9 Å². The van der Waals surface area contributed by atoms with Crippen LogP contribution in [0, 0.1) is 6.92 Å². The normalized spacial score (nSPS) is 18.4. The van der Waals surface area contributed by atoms with E-state index in [4.69, 9.17) is 9.15 Å². The SMILES string of the molecule is Cc1ccc(-c2nc(CCNC(=O)Nc3ccccc3N3CC(C)OC(C)C3)co2)cc1. The van der Waals surface area contributed by atoms with Crippen molar-refractivity contribution in [1.82, 2.24) is 10.3 Å². The first-order valence-corrected chi connectivity index (χ1v) is 11.0. The number of nitrogens with one attached hydrogen (secondary N) is 2. The molecule has 0 radical (unpaired) electrons. The first kappa shape index (κ1) is 21.9. The molecule has 0 spiro atoms. The molecule has 7 nitrogen and oxygen atoms in total. The first-order chi connectivity index (χ1) is 15.5. The number of hydrogen-bond donors (Lipinski definition) is 2. The van der Waals surface area contributed by atoms with Crippen LogP contribution in [0.15, 0.2) is 59.2 Å². The van der Waals surface area contributed by atoms with Crippen LogP contribution < -0.4 is 15.5 Å². The second-order valence-electron chi connectivity index (χ2n) is 8.32. The third-order valence-electron chi connectivity index (χ3n) is 5.43. The van der Waals surface area contributed by atoms with Crippen LogP contribution in [0.3, 0.4) is 0 Å². The number of aryl methyl sites for hydroxylation is 1. The third-order valence-corrected chi connectivity index (χ3v) is 5.43. The van der Waals surface area contributed by atoms with Crippen molar-refractivity contribution in [1.29, 1.82) is 0 Å². The maximum absolute atomic E-state index is 12.5. The summed E-state index contributed by atoms with van der Waals surface area (Å²) < 4.78 is 11.4. The van der Waals surface area contributed by atoms with Gasteiger partial charge in [-0.05, 0) is 45.0 Å². The van der Waals surface area contributed by atoms with Gasteiger partial charge in [0.25, 0.3) is 0 Å². The van der Waals surface area contributed by atoms with Crippen LogP contribution >= 0.6 is 0 Å². The molecule has 1 aliphatic rings. The fourth-order valence-corrected chi connectivity index (χ4v) is 3.95. The van der Waals surface area contributed by atoms with Gasteiger partial charge in [0.2, 0.25) is 5.89 Å². The molecule has 7 heteroatoms. The molecule has 2 heterocycles. The molecule has 0 saturated carbocycles. The summed E-state index contributed by atoms with van der Waals surface area (Å²) in [5.41, 5.74) is 4.72. The number of benzene rings is 2. The molecule has 4 rings (SSSR count). The van der Waals surface area contributed by atoms with E-state index in [9.17, 15) is 4.79 Å². The lowest BCUT2D eigenvalue weighted by Gasteiger charge is -2.37. The highest BCUT2D eigenvalue weighted by molar-refractivity contribution is 5.93. The van der Waals surface area contributed by atoms with Gasteiger partial charge in [-0.25, -0.2) is 9.78 Å². The maximum Gasteiger partial charge on any atom is 0.319 e. The molecule has 3 aromatic rings. The van der Waals surface area contributed by atoms with Crippen molar-refractivity contribution in [3.63, 3.8) is 0 Å². The van der Waals surface area contributed by atoms with E-state index in [1.54, 1.807) is 6.26 Å². The molecule has 2 amide bonds. The molecule has 32 heavy (non-hydrogen) atoms. The fraction of sp³-hybridized carbons (Fsp3) is 0.360. The monoisotopic (exact) mass is 434 g/mol. The van der Waals surface area contributed by atoms with Crippen LogP contribution in [0.25, 0.3) is 11.5 Å². The molecule has 1 aromatic heterocycles. The Hall–Kier alpha value is -3.32. The summed E-state index contributed by atoms with van der Waals surface area (Å²) in [6.07, 6.45) is 2.52. The minimum absolute atomic E-state index is 0.146. The van der Waals surface area contributed by atoms with Crippen LogP contribution in [0.2, 0.25) is 0 Å². The van der Waals surface area contributed by atoms with Gasteiger partial charge in [-0.1, -0.05) is 29.8 Å². The molecule has 0 bridgehead atoms. The van der Waals surface area contributed by atoms with Gasteiger partial charge in [-0.3, -0.25) is 0 Å². The average Bonchev–Trinajstić information content (AvgIpc) is 3.23. The quantitative estimate of drug-likeness (QED) is 0.591. The number of hydrogen-bond acceptors (Lipinski definition) is 5. The van der Waals surface area contributed by atoms with E-state index in [0.29, 0.717) is 18.9 Å². The van der Waals surface area contributed by atoms with Crippen LogP contribution in [-0.4, -0.2) is 42.9 Å². The summed E-state index contributed by atoms with van der Waals surface area (Å²) in [6.45, 7) is 8.22. The van der Waals surface area contributed by atoms with Gasteiger partial charge < -0.3 is 24.7 Å². The summed E-state index contributed by atoms with van der Waals surface area (Å²) in [5, 5.41) is 5.89. The Morgan fingerprint density at radius 2 is 1.81 bits per heavy atom. The molecular formula is C25H30N4O3. The van der Waals surface area contributed by atoms with Crippen LogP contribution in [0.5, 0.6) is 0 Å². The van der Waals surface area contributed by atoms with E-state index >= 15 is 0 Å². The van der Waals surface area contributed by atoms with Crippen molar-refractivity contribution in [2.45, 2.75) is 39.4 Å². The molecule has 1 fully saturated rings. The Morgan fingerprint density at radius 3 is 2.56 bits per heavy atom. The number of nitrogens with zero attached hydrogens (tertiary/aromatic N) is 2. The van der Waals surface area contributed by atoms with Crippen LogP contribution in [-0.2, 0) is 11.2 Å². The lowest BCUT2D eigenvalue weighted by atomic mass is 10.1. The van der Waals surface area contributed by atoms with E-state index in [-0.39, 0.29) is 18.2 Å². The van der Waals surface area contributed by atoms with Crippen molar-refractivity contribution in [3.8, 4) is 11.5 Å². The van der Waals surface area contributed by atoms with E-state index < -0.39 is 0 Å². The van der Waals surface area contributed by atoms with Gasteiger partial charge in [0.05, 0.1) is 29.3 Å². The van der Waals surface area contributed by atoms with Gasteiger partial charge in [0.1, 0.15) is 6.26 Å². The molecule has 1 saturated heterocycles. The Labute approximate surface area is 188 Å². The van der Waals surface area contributed by atoms with Gasteiger partial charge in [-0.2, -0.15) is 0 Å². The topological polar surface area (TPSA) is 79.6 Å². The van der Waals surface area contributed by atoms with E-state index in [1.165, 1.54) is 5.56 Å². The Kier molecular flexibility index (Phi) is 6.75. The summed E-state index contributed by atoms with van der Waals surface area (Å²) in [7, 11) is 0. The lowest BCUT2D eigenvalue weighted by Crippen LogP contribution is -2.45. The van der Waals surface area contributed by atoms with Gasteiger partial charge in [0, 0.05) is 31.6 Å². The largest absolute Gasteiger partial charge is 0.444 e. The first-order valence-electron chi connectivity index (χ1n) is 11.0. The minimum Gasteiger partial charge on any atom is -0.444 e. The second-order valence-corrected chi connectivity index (χ2v) is 8.32. The average molecular weight is 435 g/mol. The Balaban J connectivity index is 1.31. The molecule has 168 valence electrons. The molecule has 1 aliphatic heterocycles. The highest BCUT2D eigenvalue weighted by Gasteiger charge is 2.24. The summed E-state index contributed by atoms with van der Waals surface area (Å²) in [4.78, 5) is 19.3. The lowest BCUT2D eigenvalue weighted by molar-refractivity contribution is -0.00517. The van der Waals surface area contributed by atoms with E-state index in [2.05, 4.69) is 34.4 Å². The zero-order valence-electron chi connectivity index (χ0n) is 18.8. The fourth-order valence-electron chi connectivity index (χ4n) is 3.95. The zero-order valence-corrected chi connectivity index (χ0v) is 18.8. The molecule has 2 unspecified atom stereocenters. The van der Waals surface area contributed by atoms with Crippen LogP contribution in [0.1, 0.15) is 25.1 Å². The number of anilines is 2. The number of para-hydroxylation sites is 2. The van der Waals surface area contributed by atoms with Crippen molar-refractivity contribution in [3.05, 3.63) is 66.1 Å². The molecule has 0 aliphatic carbocycles. The van der Waals surface area contributed by atoms with Crippen LogP contribution in [0.4, 0.5) is 16.2 Å². The second kappa shape index (κ2) is 9.87. The van der Waals surface area contributed by atoms with Gasteiger partial charge in [-0.15, -0.1) is 0 Å². The van der Waals surface area contributed by atoms with Gasteiger partial charge >= 0.3 is 6.03 Å². The van der Waals surface area contributed by atoms with E-state index in [0.717, 1.165) is 35.7 Å². The minimum atomic E-state index is -0.242. The molecule has 2 N–H and O–H groups in total. The summed E-state index contributed by atoms with van der Waals surface area (Å²) in [5.74, 6) is 0.590. The smallest absolute Gasteiger partial charge is 0.319 e. The zero-order chi connectivity index (χ0) is 22.5. The number of urea groups is 1. The predicted molar refractivity (Wildman–Crippen MR) is 126 cm³/mol. The summed E-state index contributed by atoms with van der Waals surface area (Å²) in [6, 6.07) is 15.7. The highest BCUT2D eigenvalue weighted by atomic mass is 16.5. The Morgan fingerprint density at radius 1 is 1.09 bits per heavy atom. The number of aromatic nitrogens is 1. The Bertz CT molecular complexity index is 1040. The molecule has 2 atom stereocenters. The number of amides is 2. The maximum atomic E-state index is 12.5. The van der Waals surface area contributed by atoms with Crippen molar-refractivity contribution < 1.29 is 13.9 Å². The number of rotatable bonds is 6. The number of carbonyl (C=O) groups excluding carboxylic acids is 1. The number of ether oxygens (including phenoxy) is 1. The highest BCUT2D eigenvalue weighted by Crippen LogP contribution is 2.28. The third kappa shape index (κ3) is 5.48. The predicted octanol–water partition coefficient (Wildman–Crippen LogP) is 4.63. The van der Waals surface area contributed by atoms with Crippen molar-refractivity contribution >= 4 is 17.4 Å². The number of morpholine rings is 1.